The average molecular weight is 1150 g/mol. The van der Waals surface area contributed by atoms with E-state index < -0.39 is 6.10 Å². The monoisotopic (exact) mass is 1150 g/mol. The molecule has 0 aromatic rings. The van der Waals surface area contributed by atoms with Crippen LogP contribution in [0.15, 0.2) is 72.9 Å². The molecule has 82 heavy (non-hydrogen) atoms. The molecule has 1 unspecified atom stereocenters. The van der Waals surface area contributed by atoms with Gasteiger partial charge < -0.3 is 14.2 Å². The summed E-state index contributed by atoms with van der Waals surface area (Å²) >= 11 is 0. The number of rotatable bonds is 66. The van der Waals surface area contributed by atoms with Gasteiger partial charge in [0.15, 0.2) is 6.10 Å². The highest BCUT2D eigenvalue weighted by molar-refractivity contribution is 5.71. The van der Waals surface area contributed by atoms with Gasteiger partial charge in [0.25, 0.3) is 0 Å². The average Bonchev–Trinajstić information content (AvgIpc) is 3.47. The molecular formula is C76H136O6. The molecule has 0 fully saturated rings. The van der Waals surface area contributed by atoms with E-state index in [0.29, 0.717) is 19.3 Å². The molecule has 0 aliphatic carbocycles. The van der Waals surface area contributed by atoms with Gasteiger partial charge in [0.1, 0.15) is 13.2 Å². The van der Waals surface area contributed by atoms with Crippen LogP contribution in [-0.2, 0) is 28.6 Å². The molecule has 0 spiro atoms. The van der Waals surface area contributed by atoms with E-state index in [-0.39, 0.29) is 37.5 Å². The Balaban J connectivity index is 4.28. The summed E-state index contributed by atoms with van der Waals surface area (Å²) in [6.45, 7) is 6.54. The molecule has 0 heterocycles. The number of allylic oxidation sites excluding steroid dienone is 12. The zero-order valence-corrected chi connectivity index (χ0v) is 54.8. The normalized spacial score (nSPS) is 12.5. The molecule has 0 radical (unpaired) electrons. The van der Waals surface area contributed by atoms with Crippen LogP contribution in [0.1, 0.15) is 374 Å². The van der Waals surface area contributed by atoms with Crippen molar-refractivity contribution in [2.24, 2.45) is 0 Å². The Kier molecular flexibility index (Phi) is 67.6. The minimum Gasteiger partial charge on any atom is -0.462 e. The van der Waals surface area contributed by atoms with Crippen LogP contribution in [-0.4, -0.2) is 37.2 Å². The van der Waals surface area contributed by atoms with E-state index in [9.17, 15) is 14.4 Å². The second kappa shape index (κ2) is 70.3. The van der Waals surface area contributed by atoms with Crippen molar-refractivity contribution in [1.82, 2.24) is 0 Å². The van der Waals surface area contributed by atoms with Crippen molar-refractivity contribution < 1.29 is 28.6 Å². The molecule has 0 aromatic heterocycles. The zero-order valence-electron chi connectivity index (χ0n) is 54.8. The number of esters is 3. The van der Waals surface area contributed by atoms with E-state index in [4.69, 9.17) is 14.2 Å². The maximum atomic E-state index is 12.9. The number of ether oxygens (including phenoxy) is 3. The first-order valence-corrected chi connectivity index (χ1v) is 35.9. The van der Waals surface area contributed by atoms with E-state index in [2.05, 4.69) is 93.7 Å². The largest absolute Gasteiger partial charge is 0.462 e. The highest BCUT2D eigenvalue weighted by Crippen LogP contribution is 2.18. The van der Waals surface area contributed by atoms with E-state index in [0.717, 1.165) is 77.0 Å². The van der Waals surface area contributed by atoms with Crippen LogP contribution in [0.25, 0.3) is 0 Å². The van der Waals surface area contributed by atoms with Gasteiger partial charge in [0, 0.05) is 19.3 Å². The van der Waals surface area contributed by atoms with Crippen molar-refractivity contribution in [3.63, 3.8) is 0 Å². The summed E-state index contributed by atoms with van der Waals surface area (Å²) in [7, 11) is 0. The van der Waals surface area contributed by atoms with E-state index >= 15 is 0 Å². The maximum absolute atomic E-state index is 12.9. The summed E-state index contributed by atoms with van der Waals surface area (Å²) in [6.07, 6.45) is 92.3. The number of carbonyl (C=O) groups is 3. The molecule has 6 heteroatoms. The highest BCUT2D eigenvalue weighted by atomic mass is 16.6. The second-order valence-corrected chi connectivity index (χ2v) is 24.1. The van der Waals surface area contributed by atoms with E-state index in [1.165, 1.54) is 250 Å². The van der Waals surface area contributed by atoms with Crippen LogP contribution in [0.2, 0.25) is 0 Å². The third kappa shape index (κ3) is 67.6. The SMILES string of the molecule is CC/C=C\C/C=C\C/C=C\C/C=C\C/C=C\CCCC(=O)OCC(COC(=O)CCCCCCCCCCCCCCCCCCC/C=C\CCCCCCCCCC)OC(=O)CCCCCCCCCCCCCCCCCCCC. The molecule has 1 atom stereocenters. The lowest BCUT2D eigenvalue weighted by Gasteiger charge is -2.18. The standard InChI is InChI=1S/C76H136O6/c1-4-7-10-13-16-19-22-25-28-31-33-34-35-36-37-38-39-40-41-42-43-46-48-51-54-57-60-63-66-69-75(78)81-72-73(71-80-74(77)68-65-62-59-56-53-50-47-44-30-27-24-21-18-15-12-9-6-3)82-76(79)70-67-64-61-58-55-52-49-45-32-29-26-23-20-17-14-11-8-5-2/h9,12,18,21,27,30-31,33,47,50,56,59,73H,4-8,10-11,13-17,19-20,22-26,28-29,32,34-46,48-49,51-55,57-58,60-72H2,1-3H3/b12-9-,21-18-,30-27-,33-31-,50-47-,59-56-. The number of hydrogen-bond donors (Lipinski definition) is 0. The Bertz CT molecular complexity index is 1500. The molecular weight excluding hydrogens is 1010 g/mol. The van der Waals surface area contributed by atoms with Crippen LogP contribution in [0.3, 0.4) is 0 Å². The Labute approximate surface area is 510 Å². The molecule has 0 aliphatic rings. The predicted octanol–water partition coefficient (Wildman–Crippen LogP) is 24.8. The lowest BCUT2D eigenvalue weighted by atomic mass is 10.0. The summed E-state index contributed by atoms with van der Waals surface area (Å²) < 4.78 is 16.9. The van der Waals surface area contributed by atoms with Crippen molar-refractivity contribution in [1.29, 1.82) is 0 Å². The molecule has 0 saturated heterocycles. The van der Waals surface area contributed by atoms with Crippen LogP contribution < -0.4 is 0 Å². The van der Waals surface area contributed by atoms with Crippen molar-refractivity contribution in [2.75, 3.05) is 13.2 Å². The molecule has 6 nitrogen and oxygen atoms in total. The smallest absolute Gasteiger partial charge is 0.306 e. The third-order valence-corrected chi connectivity index (χ3v) is 15.9. The maximum Gasteiger partial charge on any atom is 0.306 e. The first-order valence-electron chi connectivity index (χ1n) is 35.9. The fourth-order valence-electron chi connectivity index (χ4n) is 10.6. The molecule has 0 aliphatic heterocycles. The summed E-state index contributed by atoms with van der Waals surface area (Å²) in [5.74, 6) is -0.926. The van der Waals surface area contributed by atoms with E-state index in [1.54, 1.807) is 0 Å². The molecule has 476 valence electrons. The minimum atomic E-state index is -0.798. The highest BCUT2D eigenvalue weighted by Gasteiger charge is 2.19. The van der Waals surface area contributed by atoms with E-state index in [1.807, 2.05) is 0 Å². The lowest BCUT2D eigenvalue weighted by Crippen LogP contribution is -2.30. The van der Waals surface area contributed by atoms with Gasteiger partial charge in [-0.3, -0.25) is 14.4 Å². The van der Waals surface area contributed by atoms with Gasteiger partial charge in [-0.05, 0) is 83.5 Å². The van der Waals surface area contributed by atoms with Gasteiger partial charge >= 0.3 is 17.9 Å². The molecule has 0 saturated carbocycles. The van der Waals surface area contributed by atoms with Crippen LogP contribution >= 0.6 is 0 Å². The van der Waals surface area contributed by atoms with Crippen molar-refractivity contribution in [3.05, 3.63) is 72.9 Å². The Morgan fingerprint density at radius 1 is 0.256 bits per heavy atom. The second-order valence-electron chi connectivity index (χ2n) is 24.1. The van der Waals surface area contributed by atoms with Crippen LogP contribution in [0, 0.1) is 0 Å². The number of hydrogen-bond acceptors (Lipinski definition) is 6. The van der Waals surface area contributed by atoms with Gasteiger partial charge in [-0.15, -0.1) is 0 Å². The summed E-state index contributed by atoms with van der Waals surface area (Å²) in [5, 5.41) is 0. The van der Waals surface area contributed by atoms with Gasteiger partial charge in [-0.1, -0.05) is 344 Å². The van der Waals surface area contributed by atoms with Gasteiger partial charge in [0.05, 0.1) is 0 Å². The summed E-state index contributed by atoms with van der Waals surface area (Å²) in [6, 6.07) is 0. The van der Waals surface area contributed by atoms with Gasteiger partial charge in [-0.2, -0.15) is 0 Å². The summed E-state index contributed by atoms with van der Waals surface area (Å²) in [5.41, 5.74) is 0. The molecule has 0 bridgehead atoms. The fraction of sp³-hybridized carbons (Fsp3) is 0.803. The molecule has 0 N–H and O–H groups in total. The van der Waals surface area contributed by atoms with Crippen LogP contribution in [0.5, 0.6) is 0 Å². The lowest BCUT2D eigenvalue weighted by molar-refractivity contribution is -0.167. The number of carbonyl (C=O) groups excluding carboxylic acids is 3. The summed E-state index contributed by atoms with van der Waals surface area (Å²) in [4.78, 5) is 38.4. The fourth-order valence-corrected chi connectivity index (χ4v) is 10.6. The van der Waals surface area contributed by atoms with Gasteiger partial charge in [0.2, 0.25) is 0 Å². The predicted molar refractivity (Wildman–Crippen MR) is 358 cm³/mol. The first kappa shape index (κ1) is 78.8. The Morgan fingerprint density at radius 3 is 0.805 bits per heavy atom. The third-order valence-electron chi connectivity index (χ3n) is 15.9. The zero-order chi connectivity index (χ0) is 59.2. The minimum absolute atomic E-state index is 0.0885. The van der Waals surface area contributed by atoms with Gasteiger partial charge in [-0.25, -0.2) is 0 Å². The number of unbranched alkanes of at least 4 members (excludes halogenated alkanes) is 43. The van der Waals surface area contributed by atoms with Crippen molar-refractivity contribution >= 4 is 17.9 Å². The first-order chi connectivity index (χ1) is 40.5. The van der Waals surface area contributed by atoms with Crippen LogP contribution in [0.4, 0.5) is 0 Å². The molecule has 0 aromatic carbocycles. The van der Waals surface area contributed by atoms with Crippen molar-refractivity contribution in [2.45, 2.75) is 380 Å². The topological polar surface area (TPSA) is 78.9 Å². The Hall–Kier alpha value is -3.15. The quantitative estimate of drug-likeness (QED) is 0.0261. The molecule has 0 rings (SSSR count). The molecule has 0 amide bonds. The Morgan fingerprint density at radius 2 is 0.488 bits per heavy atom. The van der Waals surface area contributed by atoms with Crippen molar-refractivity contribution in [3.8, 4) is 0 Å².